The minimum Gasteiger partial charge on any atom is -0.367 e. The van der Waals surface area contributed by atoms with E-state index < -0.39 is 0 Å². The number of nitrogens with one attached hydrogen (secondary N) is 1. The molecule has 28 heavy (non-hydrogen) atoms. The number of hydrogen-bond donors (Lipinski definition) is 1. The molecule has 2 aromatic rings. The number of ether oxygens (including phenoxy) is 1. The number of pyridine rings is 1. The van der Waals surface area contributed by atoms with Gasteiger partial charge in [-0.05, 0) is 43.7 Å². The maximum Gasteiger partial charge on any atom is 0.194 e. The summed E-state index contributed by atoms with van der Waals surface area (Å²) in [6.07, 6.45) is 2.57. The van der Waals surface area contributed by atoms with Crippen LogP contribution in [0.3, 0.4) is 0 Å². The number of hydrogen-bond acceptors (Lipinski definition) is 3. The number of rotatable bonds is 5. The molecule has 5 nitrogen and oxygen atoms in total. The molecule has 1 fully saturated rings. The number of aliphatic imine (C=N–C) groups is 1. The van der Waals surface area contributed by atoms with Crippen molar-refractivity contribution in [2.24, 2.45) is 4.99 Å². The second-order valence-electron chi connectivity index (χ2n) is 6.70. The van der Waals surface area contributed by atoms with E-state index in [2.05, 4.69) is 29.0 Å². The van der Waals surface area contributed by atoms with Crippen molar-refractivity contribution < 1.29 is 9.13 Å². The lowest BCUT2D eigenvalue weighted by Crippen LogP contribution is -2.50. The zero-order valence-electron chi connectivity index (χ0n) is 16.3. The SMILES string of the molecule is CCNC(=NCCc1ccccn1)N1CC(C)OC(c2ccc(F)cc2)C1.I. The Balaban J connectivity index is 0.00000280. The summed E-state index contributed by atoms with van der Waals surface area (Å²) in [5, 5.41) is 3.38. The summed E-state index contributed by atoms with van der Waals surface area (Å²) in [4.78, 5) is 11.4. The molecule has 0 bridgehead atoms. The minimum absolute atomic E-state index is 0. The molecule has 0 radical (unpaired) electrons. The van der Waals surface area contributed by atoms with Crippen molar-refractivity contribution in [1.29, 1.82) is 0 Å². The maximum absolute atomic E-state index is 13.2. The van der Waals surface area contributed by atoms with Gasteiger partial charge in [-0.2, -0.15) is 0 Å². The largest absolute Gasteiger partial charge is 0.367 e. The maximum atomic E-state index is 13.2. The number of halogens is 2. The molecule has 0 spiro atoms. The molecule has 7 heteroatoms. The first-order valence-corrected chi connectivity index (χ1v) is 9.49. The zero-order chi connectivity index (χ0) is 19.1. The molecule has 1 saturated heterocycles. The van der Waals surface area contributed by atoms with Gasteiger partial charge in [0.05, 0.1) is 12.6 Å². The van der Waals surface area contributed by atoms with E-state index in [4.69, 9.17) is 9.73 Å². The van der Waals surface area contributed by atoms with Crippen LogP contribution in [-0.4, -0.2) is 48.1 Å². The van der Waals surface area contributed by atoms with Crippen LogP contribution >= 0.6 is 24.0 Å². The predicted octanol–water partition coefficient (Wildman–Crippen LogP) is 3.81. The predicted molar refractivity (Wildman–Crippen MR) is 121 cm³/mol. The lowest BCUT2D eigenvalue weighted by Gasteiger charge is -2.38. The molecule has 1 aromatic heterocycles. The van der Waals surface area contributed by atoms with Crippen LogP contribution < -0.4 is 5.32 Å². The number of nitrogens with zero attached hydrogens (tertiary/aromatic N) is 3. The third-order valence-corrected chi connectivity index (χ3v) is 4.49. The highest BCUT2D eigenvalue weighted by molar-refractivity contribution is 14.0. The van der Waals surface area contributed by atoms with E-state index in [-0.39, 0.29) is 42.0 Å². The highest BCUT2D eigenvalue weighted by Crippen LogP contribution is 2.25. The third kappa shape index (κ3) is 6.41. The third-order valence-electron chi connectivity index (χ3n) is 4.49. The first kappa shape index (κ1) is 22.5. The Morgan fingerprint density at radius 1 is 1.25 bits per heavy atom. The molecule has 2 heterocycles. The van der Waals surface area contributed by atoms with Crippen LogP contribution in [0.15, 0.2) is 53.7 Å². The fraction of sp³-hybridized carbons (Fsp3) is 0.429. The lowest BCUT2D eigenvalue weighted by molar-refractivity contribution is -0.0605. The standard InChI is InChI=1S/C21H27FN4O.HI/c1-3-23-21(25-13-11-19-6-4-5-12-24-19)26-14-16(2)27-20(15-26)17-7-9-18(22)10-8-17;/h4-10,12,16,20H,3,11,13-15H2,1-2H3,(H,23,25);1H. The second-order valence-corrected chi connectivity index (χ2v) is 6.70. The molecule has 2 atom stereocenters. The van der Waals surface area contributed by atoms with Gasteiger partial charge in [-0.3, -0.25) is 9.98 Å². The first-order chi connectivity index (χ1) is 13.2. The summed E-state index contributed by atoms with van der Waals surface area (Å²) in [6.45, 7) is 7.05. The van der Waals surface area contributed by atoms with Gasteiger partial charge < -0.3 is 15.0 Å². The lowest BCUT2D eigenvalue weighted by atomic mass is 10.1. The van der Waals surface area contributed by atoms with Gasteiger partial charge in [0.15, 0.2) is 5.96 Å². The molecule has 0 amide bonds. The Morgan fingerprint density at radius 3 is 2.71 bits per heavy atom. The quantitative estimate of drug-likeness (QED) is 0.387. The van der Waals surface area contributed by atoms with Gasteiger partial charge in [-0.15, -0.1) is 24.0 Å². The monoisotopic (exact) mass is 498 g/mol. The van der Waals surface area contributed by atoms with Crippen molar-refractivity contribution in [1.82, 2.24) is 15.2 Å². The summed E-state index contributed by atoms with van der Waals surface area (Å²) >= 11 is 0. The van der Waals surface area contributed by atoms with E-state index in [1.54, 1.807) is 18.3 Å². The number of morpholine rings is 1. The van der Waals surface area contributed by atoms with Crippen LogP contribution in [0.2, 0.25) is 0 Å². The molecule has 1 aliphatic rings. The summed E-state index contributed by atoms with van der Waals surface area (Å²) in [5.41, 5.74) is 2.02. The smallest absolute Gasteiger partial charge is 0.194 e. The summed E-state index contributed by atoms with van der Waals surface area (Å²) < 4.78 is 19.3. The van der Waals surface area contributed by atoms with Gasteiger partial charge in [-0.25, -0.2) is 4.39 Å². The van der Waals surface area contributed by atoms with Crippen LogP contribution in [0.4, 0.5) is 4.39 Å². The fourth-order valence-corrected chi connectivity index (χ4v) is 3.23. The van der Waals surface area contributed by atoms with Crippen LogP contribution in [-0.2, 0) is 11.2 Å². The molecule has 2 unspecified atom stereocenters. The van der Waals surface area contributed by atoms with Gasteiger partial charge >= 0.3 is 0 Å². The van der Waals surface area contributed by atoms with Crippen LogP contribution in [0, 0.1) is 5.82 Å². The molecular formula is C21H28FIN4O. The zero-order valence-corrected chi connectivity index (χ0v) is 18.7. The van der Waals surface area contributed by atoms with Gasteiger partial charge in [0.2, 0.25) is 0 Å². The molecule has 1 aromatic carbocycles. The number of aromatic nitrogens is 1. The van der Waals surface area contributed by atoms with Crippen molar-refractivity contribution in [3.8, 4) is 0 Å². The molecule has 1 N–H and O–H groups in total. The average Bonchev–Trinajstić information content (AvgIpc) is 2.68. The minimum atomic E-state index is -0.233. The van der Waals surface area contributed by atoms with Gasteiger partial charge in [0.1, 0.15) is 11.9 Å². The molecular weight excluding hydrogens is 470 g/mol. The molecule has 0 saturated carbocycles. The number of guanidine groups is 1. The van der Waals surface area contributed by atoms with Crippen LogP contribution in [0.25, 0.3) is 0 Å². The van der Waals surface area contributed by atoms with E-state index in [1.165, 1.54) is 12.1 Å². The van der Waals surface area contributed by atoms with E-state index in [0.29, 0.717) is 13.1 Å². The van der Waals surface area contributed by atoms with E-state index in [0.717, 1.165) is 36.7 Å². The van der Waals surface area contributed by atoms with E-state index in [1.807, 2.05) is 18.2 Å². The van der Waals surface area contributed by atoms with E-state index >= 15 is 0 Å². The highest BCUT2D eigenvalue weighted by atomic mass is 127. The molecule has 152 valence electrons. The normalized spacial score (nSPS) is 19.8. The van der Waals surface area contributed by atoms with Crippen molar-refractivity contribution in [3.05, 3.63) is 65.7 Å². The van der Waals surface area contributed by atoms with Crippen molar-refractivity contribution in [2.75, 3.05) is 26.2 Å². The van der Waals surface area contributed by atoms with Gasteiger partial charge in [0, 0.05) is 37.9 Å². The summed E-state index contributed by atoms with van der Waals surface area (Å²) in [6, 6.07) is 12.5. The molecule has 1 aliphatic heterocycles. The molecule has 3 rings (SSSR count). The fourth-order valence-electron chi connectivity index (χ4n) is 3.23. The topological polar surface area (TPSA) is 49.8 Å². The van der Waals surface area contributed by atoms with Gasteiger partial charge in [0.25, 0.3) is 0 Å². The summed E-state index contributed by atoms with van der Waals surface area (Å²) in [7, 11) is 0. The Kier molecular flexibility index (Phi) is 9.11. The summed E-state index contributed by atoms with van der Waals surface area (Å²) in [5.74, 6) is 0.652. The van der Waals surface area contributed by atoms with Crippen molar-refractivity contribution in [3.63, 3.8) is 0 Å². The molecule has 0 aliphatic carbocycles. The first-order valence-electron chi connectivity index (χ1n) is 9.49. The van der Waals surface area contributed by atoms with Crippen LogP contribution in [0.5, 0.6) is 0 Å². The van der Waals surface area contributed by atoms with Crippen molar-refractivity contribution >= 4 is 29.9 Å². The Hall–Kier alpha value is -1.74. The van der Waals surface area contributed by atoms with Crippen molar-refractivity contribution in [2.45, 2.75) is 32.5 Å². The van der Waals surface area contributed by atoms with Gasteiger partial charge in [-0.1, -0.05) is 18.2 Å². The highest BCUT2D eigenvalue weighted by Gasteiger charge is 2.28. The Labute approximate surface area is 183 Å². The Morgan fingerprint density at radius 2 is 2.04 bits per heavy atom. The Bertz CT molecular complexity index is 742. The second kappa shape index (κ2) is 11.3. The average molecular weight is 498 g/mol. The number of benzene rings is 1. The van der Waals surface area contributed by atoms with Crippen LogP contribution in [0.1, 0.15) is 31.2 Å². The van der Waals surface area contributed by atoms with E-state index in [9.17, 15) is 4.39 Å².